The first-order chi connectivity index (χ1) is 8.46. The van der Waals surface area contributed by atoms with Crippen molar-refractivity contribution in [2.75, 3.05) is 0 Å². The van der Waals surface area contributed by atoms with E-state index in [-0.39, 0.29) is 11.3 Å². The molecular formula is C11H7F3N2O2. The van der Waals surface area contributed by atoms with Crippen LogP contribution >= 0.6 is 0 Å². The number of nitrogens with one attached hydrogen (secondary N) is 1. The highest BCUT2D eigenvalue weighted by molar-refractivity contribution is 5.66. The molecule has 1 N–H and O–H groups in total. The van der Waals surface area contributed by atoms with Crippen molar-refractivity contribution < 1.29 is 17.9 Å². The number of aromatic amines is 1. The molecule has 1 aromatic heterocycles. The molecule has 0 spiro atoms. The summed E-state index contributed by atoms with van der Waals surface area (Å²) in [6.45, 7) is 0. The van der Waals surface area contributed by atoms with Gasteiger partial charge in [-0.2, -0.15) is 0 Å². The smallest absolute Gasteiger partial charge is 0.405 e. The van der Waals surface area contributed by atoms with Crippen LogP contribution in [0, 0.1) is 0 Å². The first-order valence-electron chi connectivity index (χ1n) is 4.85. The van der Waals surface area contributed by atoms with Gasteiger partial charge in [-0.05, 0) is 12.1 Å². The van der Waals surface area contributed by atoms with E-state index in [0.29, 0.717) is 0 Å². The van der Waals surface area contributed by atoms with Gasteiger partial charge >= 0.3 is 6.36 Å². The highest BCUT2D eigenvalue weighted by Gasteiger charge is 2.32. The summed E-state index contributed by atoms with van der Waals surface area (Å²) in [4.78, 5) is 17.2. The van der Waals surface area contributed by atoms with Gasteiger partial charge in [-0.1, -0.05) is 12.1 Å². The molecule has 0 atom stereocenters. The lowest BCUT2D eigenvalue weighted by atomic mass is 10.1. The monoisotopic (exact) mass is 256 g/mol. The number of rotatable bonds is 2. The second kappa shape index (κ2) is 4.52. The molecular weight excluding hydrogens is 249 g/mol. The van der Waals surface area contributed by atoms with Crippen molar-refractivity contribution >= 4 is 0 Å². The molecule has 0 fully saturated rings. The molecule has 1 aromatic carbocycles. The molecule has 4 nitrogen and oxygen atoms in total. The fourth-order valence-electron chi connectivity index (χ4n) is 1.41. The van der Waals surface area contributed by atoms with E-state index in [1.165, 1.54) is 18.2 Å². The summed E-state index contributed by atoms with van der Waals surface area (Å²) >= 11 is 0. The molecule has 0 radical (unpaired) electrons. The van der Waals surface area contributed by atoms with E-state index in [1.54, 1.807) is 0 Å². The molecule has 0 aliphatic rings. The largest absolute Gasteiger partial charge is 0.573 e. The molecule has 0 saturated carbocycles. The number of hydrogen-bond acceptors (Lipinski definition) is 3. The number of ether oxygens (including phenoxy) is 1. The maximum absolute atomic E-state index is 12.2. The lowest BCUT2D eigenvalue weighted by molar-refractivity contribution is -0.274. The number of halogens is 3. The standard InChI is InChI=1S/C11H7F3N2O2/c12-11(13,14)18-9-4-2-1-3-7(9)8-5-10(17)16-6-15-8/h1-6H,(H,15,16,17). The summed E-state index contributed by atoms with van der Waals surface area (Å²) in [6, 6.07) is 6.58. The van der Waals surface area contributed by atoms with Crippen LogP contribution in [0.1, 0.15) is 0 Å². The van der Waals surface area contributed by atoms with E-state index in [1.807, 2.05) is 0 Å². The minimum atomic E-state index is -4.79. The first-order valence-corrected chi connectivity index (χ1v) is 4.85. The lowest BCUT2D eigenvalue weighted by Crippen LogP contribution is -2.17. The Labute approximate surface area is 99.1 Å². The van der Waals surface area contributed by atoms with Gasteiger partial charge in [0.05, 0.1) is 12.0 Å². The zero-order valence-electron chi connectivity index (χ0n) is 8.86. The summed E-state index contributed by atoms with van der Waals surface area (Å²) in [5.41, 5.74) is -0.249. The third kappa shape index (κ3) is 2.88. The maximum Gasteiger partial charge on any atom is 0.573 e. The number of hydrogen-bond donors (Lipinski definition) is 1. The third-order valence-electron chi connectivity index (χ3n) is 2.07. The van der Waals surface area contributed by atoms with Gasteiger partial charge in [0.15, 0.2) is 0 Å². The fourth-order valence-corrected chi connectivity index (χ4v) is 1.41. The lowest BCUT2D eigenvalue weighted by Gasteiger charge is -2.12. The Bertz CT molecular complexity index is 607. The van der Waals surface area contributed by atoms with Gasteiger partial charge in [-0.25, -0.2) is 4.98 Å². The normalized spacial score (nSPS) is 11.3. The Hall–Kier alpha value is -2.31. The fraction of sp³-hybridized carbons (Fsp3) is 0.0909. The highest BCUT2D eigenvalue weighted by atomic mass is 19.4. The summed E-state index contributed by atoms with van der Waals surface area (Å²) in [6.07, 6.45) is -3.68. The van der Waals surface area contributed by atoms with Gasteiger partial charge in [0, 0.05) is 11.6 Å². The second-order valence-corrected chi connectivity index (χ2v) is 3.34. The minimum Gasteiger partial charge on any atom is -0.405 e. The molecule has 0 bridgehead atoms. The molecule has 2 rings (SSSR count). The predicted octanol–water partition coefficient (Wildman–Crippen LogP) is 2.34. The van der Waals surface area contributed by atoms with Crippen LogP contribution in [-0.2, 0) is 0 Å². The van der Waals surface area contributed by atoms with Crippen molar-refractivity contribution in [2.24, 2.45) is 0 Å². The minimum absolute atomic E-state index is 0.0981. The van der Waals surface area contributed by atoms with Crippen LogP contribution in [0.15, 0.2) is 41.5 Å². The van der Waals surface area contributed by atoms with Crippen LogP contribution in [0.2, 0.25) is 0 Å². The van der Waals surface area contributed by atoms with E-state index in [9.17, 15) is 18.0 Å². The van der Waals surface area contributed by atoms with Gasteiger partial charge in [-0.3, -0.25) is 4.79 Å². The molecule has 2 aromatic rings. The Morgan fingerprint density at radius 2 is 1.94 bits per heavy atom. The van der Waals surface area contributed by atoms with Crippen molar-refractivity contribution in [3.05, 3.63) is 47.0 Å². The average molecular weight is 256 g/mol. The summed E-state index contributed by atoms with van der Waals surface area (Å²) in [5, 5.41) is 0. The summed E-state index contributed by atoms with van der Waals surface area (Å²) in [5.74, 6) is -0.400. The zero-order valence-corrected chi connectivity index (χ0v) is 8.86. The number of aromatic nitrogens is 2. The quantitative estimate of drug-likeness (QED) is 0.897. The van der Waals surface area contributed by atoms with Crippen LogP contribution in [-0.4, -0.2) is 16.3 Å². The molecule has 18 heavy (non-hydrogen) atoms. The zero-order chi connectivity index (χ0) is 13.2. The van der Waals surface area contributed by atoms with Crippen molar-refractivity contribution in [3.63, 3.8) is 0 Å². The predicted molar refractivity (Wildman–Crippen MR) is 57.0 cm³/mol. The number of alkyl halides is 3. The van der Waals surface area contributed by atoms with Crippen LogP contribution < -0.4 is 10.3 Å². The van der Waals surface area contributed by atoms with Gasteiger partial charge in [0.25, 0.3) is 5.56 Å². The molecule has 0 aliphatic carbocycles. The van der Waals surface area contributed by atoms with Gasteiger partial charge in [-0.15, -0.1) is 13.2 Å². The van der Waals surface area contributed by atoms with Crippen LogP contribution in [0.25, 0.3) is 11.3 Å². The number of H-pyrrole nitrogens is 1. The Kier molecular flexibility index (Phi) is 3.05. The van der Waals surface area contributed by atoms with E-state index in [4.69, 9.17) is 0 Å². The highest BCUT2D eigenvalue weighted by Crippen LogP contribution is 2.31. The van der Waals surface area contributed by atoms with Crippen LogP contribution in [0.3, 0.4) is 0 Å². The van der Waals surface area contributed by atoms with Gasteiger partial charge in [0.1, 0.15) is 5.75 Å². The molecule has 0 aliphatic heterocycles. The molecule has 94 valence electrons. The second-order valence-electron chi connectivity index (χ2n) is 3.34. The number of benzene rings is 1. The Morgan fingerprint density at radius 3 is 2.61 bits per heavy atom. The Balaban J connectivity index is 2.48. The van der Waals surface area contributed by atoms with Crippen molar-refractivity contribution in [1.82, 2.24) is 9.97 Å². The SMILES string of the molecule is O=c1cc(-c2ccccc2OC(F)(F)F)nc[nH]1. The molecule has 7 heteroatoms. The molecule has 0 saturated heterocycles. The number of nitrogens with zero attached hydrogens (tertiary/aromatic N) is 1. The topological polar surface area (TPSA) is 55.0 Å². The van der Waals surface area contributed by atoms with E-state index in [0.717, 1.165) is 18.5 Å². The third-order valence-corrected chi connectivity index (χ3v) is 2.07. The van der Waals surface area contributed by atoms with E-state index < -0.39 is 17.7 Å². The summed E-state index contributed by atoms with van der Waals surface area (Å²) < 4.78 is 40.5. The molecule has 0 amide bonds. The number of para-hydroxylation sites is 1. The van der Waals surface area contributed by atoms with Crippen molar-refractivity contribution in [2.45, 2.75) is 6.36 Å². The van der Waals surface area contributed by atoms with Crippen molar-refractivity contribution in [1.29, 1.82) is 0 Å². The van der Waals surface area contributed by atoms with Crippen LogP contribution in [0.5, 0.6) is 5.75 Å². The van der Waals surface area contributed by atoms with E-state index >= 15 is 0 Å². The summed E-state index contributed by atoms with van der Waals surface area (Å²) in [7, 11) is 0. The van der Waals surface area contributed by atoms with E-state index in [2.05, 4.69) is 14.7 Å². The average Bonchev–Trinajstić information content (AvgIpc) is 2.27. The van der Waals surface area contributed by atoms with Crippen LogP contribution in [0.4, 0.5) is 13.2 Å². The maximum atomic E-state index is 12.2. The molecule has 0 unspecified atom stereocenters. The Morgan fingerprint density at radius 1 is 1.22 bits per heavy atom. The van der Waals surface area contributed by atoms with Crippen molar-refractivity contribution in [3.8, 4) is 17.0 Å². The first kappa shape index (κ1) is 12.2. The van der Waals surface area contributed by atoms with Gasteiger partial charge < -0.3 is 9.72 Å². The van der Waals surface area contributed by atoms with Gasteiger partial charge in [0.2, 0.25) is 0 Å². The molecule has 1 heterocycles.